The summed E-state index contributed by atoms with van der Waals surface area (Å²) in [5.41, 5.74) is 3.05. The standard InChI is InChI=1S/C25H30FN5O3S/c1-4-6-21(18-11-12-27-24(14-18)35(3,33)34)29-25(32)30-16-17(5-2)13-22-23(30)15-28-31(22)20-9-7-19(26)8-10-20/h7-12,14-15,17,21H,4-6,13,16H2,1-3H3,(H,29,32)/t17?,21-/m0/s1. The molecule has 35 heavy (non-hydrogen) atoms. The first-order valence-electron chi connectivity index (χ1n) is 11.8. The minimum Gasteiger partial charge on any atom is -0.331 e. The lowest BCUT2D eigenvalue weighted by molar-refractivity contribution is 0.239. The lowest BCUT2D eigenvalue weighted by Gasteiger charge is -2.34. The van der Waals surface area contributed by atoms with E-state index in [0.29, 0.717) is 18.5 Å². The Morgan fingerprint density at radius 3 is 2.63 bits per heavy atom. The number of carbonyl (C=O) groups is 1. The summed E-state index contributed by atoms with van der Waals surface area (Å²) in [6, 6.07) is 8.75. The number of rotatable bonds is 7. The van der Waals surface area contributed by atoms with Gasteiger partial charge in [-0.25, -0.2) is 27.3 Å². The highest BCUT2D eigenvalue weighted by Crippen LogP contribution is 2.33. The molecule has 1 N–H and O–H groups in total. The van der Waals surface area contributed by atoms with Crippen LogP contribution in [-0.4, -0.2) is 42.0 Å². The van der Waals surface area contributed by atoms with Gasteiger partial charge >= 0.3 is 6.03 Å². The van der Waals surface area contributed by atoms with Crippen LogP contribution in [0.15, 0.2) is 53.8 Å². The van der Waals surface area contributed by atoms with Gasteiger partial charge in [0.15, 0.2) is 14.9 Å². The molecule has 1 aliphatic rings. The van der Waals surface area contributed by atoms with Crippen LogP contribution in [0, 0.1) is 11.7 Å². The van der Waals surface area contributed by atoms with Crippen molar-refractivity contribution in [2.75, 3.05) is 17.7 Å². The Labute approximate surface area is 205 Å². The first-order valence-corrected chi connectivity index (χ1v) is 13.7. The molecule has 186 valence electrons. The summed E-state index contributed by atoms with van der Waals surface area (Å²) in [7, 11) is -3.47. The van der Waals surface area contributed by atoms with Crippen LogP contribution in [0.3, 0.4) is 0 Å². The van der Waals surface area contributed by atoms with Crippen LogP contribution in [0.4, 0.5) is 14.9 Å². The van der Waals surface area contributed by atoms with Gasteiger partial charge < -0.3 is 5.32 Å². The second kappa shape index (κ2) is 10.2. The first kappa shape index (κ1) is 24.8. The van der Waals surface area contributed by atoms with E-state index in [-0.39, 0.29) is 28.8 Å². The molecular formula is C25H30FN5O3S. The summed E-state index contributed by atoms with van der Waals surface area (Å²) in [6.45, 7) is 4.65. The number of nitrogens with one attached hydrogen (secondary N) is 1. The summed E-state index contributed by atoms with van der Waals surface area (Å²) < 4.78 is 39.2. The van der Waals surface area contributed by atoms with Crippen molar-refractivity contribution in [2.24, 2.45) is 5.92 Å². The van der Waals surface area contributed by atoms with E-state index in [9.17, 15) is 17.6 Å². The topological polar surface area (TPSA) is 97.2 Å². The quantitative estimate of drug-likeness (QED) is 0.518. The zero-order valence-corrected chi connectivity index (χ0v) is 20.9. The van der Waals surface area contributed by atoms with Crippen LogP contribution in [0.25, 0.3) is 5.69 Å². The number of halogens is 1. The first-order chi connectivity index (χ1) is 16.7. The van der Waals surface area contributed by atoms with Gasteiger partial charge in [-0.2, -0.15) is 5.10 Å². The smallest absolute Gasteiger partial charge is 0.322 e. The summed E-state index contributed by atoms with van der Waals surface area (Å²) >= 11 is 0. The molecule has 0 fully saturated rings. The molecule has 0 spiro atoms. The second-order valence-electron chi connectivity index (χ2n) is 8.94. The molecule has 2 amide bonds. The van der Waals surface area contributed by atoms with Crippen LogP contribution >= 0.6 is 0 Å². The molecule has 0 saturated carbocycles. The van der Waals surface area contributed by atoms with E-state index >= 15 is 0 Å². The van der Waals surface area contributed by atoms with Crippen LogP contribution < -0.4 is 10.2 Å². The maximum atomic E-state index is 13.5. The summed E-state index contributed by atoms with van der Waals surface area (Å²) in [6.07, 6.45) is 7.34. The SMILES string of the molecule is CCC[C@H](NC(=O)N1CC(CC)Cc2c1cnn2-c1ccc(F)cc1)c1ccnc(S(C)(=O)=O)c1. The highest BCUT2D eigenvalue weighted by atomic mass is 32.2. The number of anilines is 1. The average Bonchev–Trinajstić information content (AvgIpc) is 3.27. The highest BCUT2D eigenvalue weighted by Gasteiger charge is 2.32. The molecule has 0 saturated heterocycles. The van der Waals surface area contributed by atoms with Crippen molar-refractivity contribution in [2.45, 2.75) is 50.6 Å². The van der Waals surface area contributed by atoms with Gasteiger partial charge in [0.2, 0.25) is 0 Å². The van der Waals surface area contributed by atoms with Crippen LogP contribution in [0.5, 0.6) is 0 Å². The van der Waals surface area contributed by atoms with Crippen molar-refractivity contribution in [3.05, 3.63) is 65.9 Å². The van der Waals surface area contributed by atoms with E-state index in [1.54, 1.807) is 34.0 Å². The number of amides is 2. The Morgan fingerprint density at radius 2 is 1.97 bits per heavy atom. The number of pyridine rings is 1. The van der Waals surface area contributed by atoms with E-state index < -0.39 is 9.84 Å². The fourth-order valence-corrected chi connectivity index (χ4v) is 5.03. The Hall–Kier alpha value is -3.27. The van der Waals surface area contributed by atoms with Crippen molar-refractivity contribution >= 4 is 21.6 Å². The number of carbonyl (C=O) groups excluding carboxylic acids is 1. The van der Waals surface area contributed by atoms with E-state index in [0.717, 1.165) is 42.6 Å². The van der Waals surface area contributed by atoms with E-state index in [4.69, 9.17) is 0 Å². The van der Waals surface area contributed by atoms with Crippen molar-refractivity contribution in [3.8, 4) is 5.69 Å². The third kappa shape index (κ3) is 5.37. The normalized spacial score (nSPS) is 16.6. The zero-order chi connectivity index (χ0) is 25.2. The second-order valence-corrected chi connectivity index (χ2v) is 10.9. The van der Waals surface area contributed by atoms with Gasteiger partial charge in [-0.1, -0.05) is 26.7 Å². The van der Waals surface area contributed by atoms with Crippen molar-refractivity contribution in [1.82, 2.24) is 20.1 Å². The number of hydrogen-bond acceptors (Lipinski definition) is 5. The van der Waals surface area contributed by atoms with Gasteiger partial charge in [-0.3, -0.25) is 4.90 Å². The lowest BCUT2D eigenvalue weighted by atomic mass is 9.94. The predicted molar refractivity (Wildman–Crippen MR) is 132 cm³/mol. The summed E-state index contributed by atoms with van der Waals surface area (Å²) in [5, 5.41) is 7.59. The van der Waals surface area contributed by atoms with Crippen molar-refractivity contribution < 1.29 is 17.6 Å². The summed E-state index contributed by atoms with van der Waals surface area (Å²) in [4.78, 5) is 19.2. The fourth-order valence-electron chi connectivity index (χ4n) is 4.43. The van der Waals surface area contributed by atoms with E-state index in [2.05, 4.69) is 22.3 Å². The van der Waals surface area contributed by atoms with E-state index in [1.807, 2.05) is 6.92 Å². The minimum absolute atomic E-state index is 0.0165. The molecule has 3 aromatic rings. The van der Waals surface area contributed by atoms with Gasteiger partial charge in [-0.15, -0.1) is 0 Å². The number of benzene rings is 1. The Morgan fingerprint density at radius 1 is 1.23 bits per heavy atom. The van der Waals surface area contributed by atoms with Gasteiger partial charge in [0.25, 0.3) is 0 Å². The number of hydrogen-bond donors (Lipinski definition) is 1. The molecule has 0 radical (unpaired) electrons. The van der Waals surface area contributed by atoms with Crippen molar-refractivity contribution in [1.29, 1.82) is 0 Å². The molecule has 1 aliphatic heterocycles. The van der Waals surface area contributed by atoms with Crippen LogP contribution in [0.1, 0.15) is 50.4 Å². The van der Waals surface area contributed by atoms with Crippen LogP contribution in [0.2, 0.25) is 0 Å². The third-order valence-corrected chi connectivity index (χ3v) is 7.35. The number of nitrogens with zero attached hydrogens (tertiary/aromatic N) is 4. The molecular weight excluding hydrogens is 469 g/mol. The molecule has 3 heterocycles. The summed E-state index contributed by atoms with van der Waals surface area (Å²) in [5.74, 6) is -0.0779. The Bertz CT molecular complexity index is 1310. The number of aromatic nitrogens is 3. The maximum Gasteiger partial charge on any atom is 0.322 e. The third-order valence-electron chi connectivity index (χ3n) is 6.37. The monoisotopic (exact) mass is 499 g/mol. The zero-order valence-electron chi connectivity index (χ0n) is 20.1. The molecule has 2 aromatic heterocycles. The van der Waals surface area contributed by atoms with Crippen molar-refractivity contribution in [3.63, 3.8) is 0 Å². The molecule has 0 bridgehead atoms. The maximum absolute atomic E-state index is 13.5. The van der Waals surface area contributed by atoms with E-state index in [1.165, 1.54) is 24.4 Å². The van der Waals surface area contributed by atoms with Gasteiger partial charge in [0.1, 0.15) is 5.82 Å². The van der Waals surface area contributed by atoms with Gasteiger partial charge in [0.05, 0.1) is 29.3 Å². The molecule has 10 heteroatoms. The van der Waals surface area contributed by atoms with Gasteiger partial charge in [-0.05, 0) is 60.7 Å². The molecule has 1 unspecified atom stereocenters. The minimum atomic E-state index is -3.47. The number of urea groups is 1. The molecule has 1 aromatic carbocycles. The lowest BCUT2D eigenvalue weighted by Crippen LogP contribution is -2.46. The highest BCUT2D eigenvalue weighted by molar-refractivity contribution is 7.90. The average molecular weight is 500 g/mol. The molecule has 8 nitrogen and oxygen atoms in total. The molecule has 0 aliphatic carbocycles. The number of sulfone groups is 1. The fraction of sp³-hybridized carbons (Fsp3) is 0.400. The molecule has 4 rings (SSSR count). The Kier molecular flexibility index (Phi) is 7.20. The van der Waals surface area contributed by atoms with Gasteiger partial charge in [0, 0.05) is 19.0 Å². The largest absolute Gasteiger partial charge is 0.331 e. The predicted octanol–water partition coefficient (Wildman–Crippen LogP) is 4.45. The number of fused-ring (bicyclic) bond motifs is 1. The molecule has 2 atom stereocenters. The Balaban J connectivity index is 1.64. The van der Waals surface area contributed by atoms with Crippen LogP contribution in [-0.2, 0) is 16.3 Å².